The van der Waals surface area contributed by atoms with E-state index in [-0.39, 0.29) is 0 Å². The second-order valence-electron chi connectivity index (χ2n) is 6.43. The van der Waals surface area contributed by atoms with Crippen molar-refractivity contribution in [2.75, 3.05) is 0 Å². The number of imidazole rings is 1. The van der Waals surface area contributed by atoms with E-state index in [0.29, 0.717) is 0 Å². The molecule has 0 radical (unpaired) electrons. The molecule has 0 amide bonds. The van der Waals surface area contributed by atoms with Gasteiger partial charge in [0, 0.05) is 53.9 Å². The Hall–Kier alpha value is -2.66. The molecular weight excluding hydrogens is 328 g/mol. The molecule has 124 valence electrons. The van der Waals surface area contributed by atoms with Crippen LogP contribution >= 0.6 is 11.3 Å². The van der Waals surface area contributed by atoms with Crippen LogP contribution in [-0.2, 0) is 19.4 Å². The number of hydrogen-bond donors (Lipinski definition) is 1. The fourth-order valence-corrected chi connectivity index (χ4v) is 4.36. The van der Waals surface area contributed by atoms with Crippen LogP contribution in [0.3, 0.4) is 0 Å². The van der Waals surface area contributed by atoms with Gasteiger partial charge in [0.1, 0.15) is 5.82 Å². The number of hydrogen-bond acceptors (Lipinski definition) is 3. The summed E-state index contributed by atoms with van der Waals surface area (Å²) < 4.78 is 2.23. The molecule has 1 aromatic carbocycles. The lowest BCUT2D eigenvalue weighted by Crippen LogP contribution is -2.03. The largest absolute Gasteiger partial charge is 0.331 e. The summed E-state index contributed by atoms with van der Waals surface area (Å²) in [7, 11) is 0. The fraction of sp³-hybridized carbons (Fsp3) is 0.200. The lowest BCUT2D eigenvalue weighted by atomic mass is 10.1. The maximum Gasteiger partial charge on any atom is 0.108 e. The van der Waals surface area contributed by atoms with Crippen molar-refractivity contribution in [2.45, 2.75) is 26.3 Å². The van der Waals surface area contributed by atoms with Crippen LogP contribution in [0.4, 0.5) is 0 Å². The van der Waals surface area contributed by atoms with Gasteiger partial charge in [-0.15, -0.1) is 0 Å². The second-order valence-corrected chi connectivity index (χ2v) is 7.21. The predicted molar refractivity (Wildman–Crippen MR) is 101 cm³/mol. The van der Waals surface area contributed by atoms with Crippen molar-refractivity contribution in [3.63, 3.8) is 0 Å². The normalized spacial score (nSPS) is 12.4. The summed E-state index contributed by atoms with van der Waals surface area (Å²) in [6.07, 6.45) is 5.85. The molecule has 1 aliphatic carbocycles. The molecule has 0 bridgehead atoms. The van der Waals surface area contributed by atoms with E-state index in [1.807, 2.05) is 6.20 Å². The second kappa shape index (κ2) is 5.70. The number of benzene rings is 1. The Kier molecular flexibility index (Phi) is 3.35. The van der Waals surface area contributed by atoms with Gasteiger partial charge in [0.15, 0.2) is 0 Å². The zero-order valence-corrected chi connectivity index (χ0v) is 14.8. The first-order valence-electron chi connectivity index (χ1n) is 8.55. The van der Waals surface area contributed by atoms with Crippen molar-refractivity contribution in [2.24, 2.45) is 0 Å². The Labute approximate surface area is 150 Å². The van der Waals surface area contributed by atoms with Gasteiger partial charge >= 0.3 is 0 Å². The minimum Gasteiger partial charge on any atom is -0.331 e. The third kappa shape index (κ3) is 2.35. The van der Waals surface area contributed by atoms with Crippen molar-refractivity contribution in [3.8, 4) is 22.5 Å². The lowest BCUT2D eigenvalue weighted by molar-refractivity contribution is 0.731. The van der Waals surface area contributed by atoms with Crippen LogP contribution in [0.15, 0.2) is 47.4 Å². The summed E-state index contributed by atoms with van der Waals surface area (Å²) >= 11 is 1.71. The average Bonchev–Trinajstić information content (AvgIpc) is 3.38. The summed E-state index contributed by atoms with van der Waals surface area (Å²) in [5.74, 6) is 1.13. The molecule has 0 unspecified atom stereocenters. The van der Waals surface area contributed by atoms with Gasteiger partial charge in [-0.3, -0.25) is 5.10 Å². The fourth-order valence-electron chi connectivity index (χ4n) is 3.72. The number of thiophene rings is 1. The van der Waals surface area contributed by atoms with E-state index < -0.39 is 0 Å². The Balaban J connectivity index is 1.48. The van der Waals surface area contributed by atoms with E-state index in [1.165, 1.54) is 33.5 Å². The molecule has 0 saturated heterocycles. The molecule has 0 aliphatic heterocycles. The molecule has 0 fully saturated rings. The quantitative estimate of drug-likeness (QED) is 0.520. The molecule has 0 spiro atoms. The van der Waals surface area contributed by atoms with Crippen LogP contribution < -0.4 is 0 Å². The Morgan fingerprint density at radius 3 is 3.08 bits per heavy atom. The molecule has 3 aromatic heterocycles. The SMILES string of the molecule is CCc1nccn1Cc1ccc2c(c1)Cc1c(-c3ccsc3)n[nH]c1-2. The Morgan fingerprint density at radius 1 is 1.28 bits per heavy atom. The van der Waals surface area contributed by atoms with E-state index in [4.69, 9.17) is 0 Å². The van der Waals surface area contributed by atoms with Crippen LogP contribution in [0.1, 0.15) is 29.4 Å². The van der Waals surface area contributed by atoms with Gasteiger partial charge in [-0.25, -0.2) is 4.98 Å². The summed E-state index contributed by atoms with van der Waals surface area (Å²) in [6.45, 7) is 3.02. The summed E-state index contributed by atoms with van der Waals surface area (Å²) in [5, 5.41) is 12.1. The molecule has 0 atom stereocenters. The molecular formula is C20H18N4S. The third-order valence-electron chi connectivity index (χ3n) is 4.94. The molecule has 1 aliphatic rings. The number of aromatic amines is 1. The van der Waals surface area contributed by atoms with Crippen LogP contribution in [0, 0.1) is 0 Å². The van der Waals surface area contributed by atoms with Gasteiger partial charge in [0.2, 0.25) is 0 Å². The van der Waals surface area contributed by atoms with Crippen molar-refractivity contribution in [1.82, 2.24) is 19.7 Å². The average molecular weight is 346 g/mol. The van der Waals surface area contributed by atoms with Crippen LogP contribution in [-0.4, -0.2) is 19.7 Å². The van der Waals surface area contributed by atoms with Gasteiger partial charge in [-0.05, 0) is 22.6 Å². The molecule has 5 rings (SSSR count). The highest BCUT2D eigenvalue weighted by Gasteiger charge is 2.25. The Morgan fingerprint density at radius 2 is 2.24 bits per heavy atom. The maximum atomic E-state index is 4.55. The first-order valence-corrected chi connectivity index (χ1v) is 9.49. The van der Waals surface area contributed by atoms with Gasteiger partial charge in [0.05, 0.1) is 11.4 Å². The minimum absolute atomic E-state index is 0.875. The molecule has 4 aromatic rings. The maximum absolute atomic E-state index is 4.55. The third-order valence-corrected chi connectivity index (χ3v) is 5.62. The van der Waals surface area contributed by atoms with E-state index in [1.54, 1.807) is 11.3 Å². The number of aromatic nitrogens is 4. The number of nitrogens with one attached hydrogen (secondary N) is 1. The first-order chi connectivity index (χ1) is 12.3. The van der Waals surface area contributed by atoms with Crippen molar-refractivity contribution < 1.29 is 0 Å². The molecule has 1 N–H and O–H groups in total. The zero-order chi connectivity index (χ0) is 16.8. The molecule has 4 nitrogen and oxygen atoms in total. The highest BCUT2D eigenvalue weighted by atomic mass is 32.1. The first kappa shape index (κ1) is 14.7. The number of rotatable bonds is 4. The number of aryl methyl sites for hydroxylation is 1. The standard InChI is InChI=1S/C20H18N4S/c1-2-18-21-6-7-24(18)11-13-3-4-16-15(9-13)10-17-19(22-23-20(16)17)14-5-8-25-12-14/h3-9,12H,2,10-11H2,1H3,(H,22,23). The number of nitrogens with zero attached hydrogens (tertiary/aromatic N) is 3. The number of H-pyrrole nitrogens is 1. The molecule has 25 heavy (non-hydrogen) atoms. The van der Waals surface area contributed by atoms with Gasteiger partial charge in [0.25, 0.3) is 0 Å². The summed E-state index contributed by atoms with van der Waals surface area (Å²) in [4.78, 5) is 4.42. The van der Waals surface area contributed by atoms with Gasteiger partial charge in [-0.1, -0.05) is 25.1 Å². The highest BCUT2D eigenvalue weighted by molar-refractivity contribution is 7.08. The van der Waals surface area contributed by atoms with E-state index in [0.717, 1.165) is 30.9 Å². The Bertz CT molecular complexity index is 1040. The van der Waals surface area contributed by atoms with Crippen molar-refractivity contribution >= 4 is 11.3 Å². The van der Waals surface area contributed by atoms with E-state index >= 15 is 0 Å². The molecule has 5 heteroatoms. The smallest absolute Gasteiger partial charge is 0.108 e. The minimum atomic E-state index is 0.875. The van der Waals surface area contributed by atoms with Crippen LogP contribution in [0.25, 0.3) is 22.5 Å². The monoisotopic (exact) mass is 346 g/mol. The highest BCUT2D eigenvalue weighted by Crippen LogP contribution is 2.40. The summed E-state index contributed by atoms with van der Waals surface area (Å²) in [5.41, 5.74) is 8.80. The van der Waals surface area contributed by atoms with Crippen molar-refractivity contribution in [1.29, 1.82) is 0 Å². The lowest BCUT2D eigenvalue weighted by Gasteiger charge is -2.09. The molecule has 3 heterocycles. The molecule has 0 saturated carbocycles. The number of fused-ring (bicyclic) bond motifs is 3. The summed E-state index contributed by atoms with van der Waals surface area (Å²) in [6, 6.07) is 8.92. The van der Waals surface area contributed by atoms with E-state index in [2.05, 4.69) is 67.9 Å². The van der Waals surface area contributed by atoms with Crippen LogP contribution in [0.5, 0.6) is 0 Å². The van der Waals surface area contributed by atoms with Gasteiger partial charge in [-0.2, -0.15) is 16.4 Å². The van der Waals surface area contributed by atoms with Crippen molar-refractivity contribution in [3.05, 3.63) is 69.9 Å². The van der Waals surface area contributed by atoms with E-state index in [9.17, 15) is 0 Å². The van der Waals surface area contributed by atoms with Crippen LogP contribution in [0.2, 0.25) is 0 Å². The topological polar surface area (TPSA) is 46.5 Å². The predicted octanol–water partition coefficient (Wildman–Crippen LogP) is 4.52. The van der Waals surface area contributed by atoms with Gasteiger partial charge < -0.3 is 4.57 Å². The zero-order valence-electron chi connectivity index (χ0n) is 14.0.